The maximum Gasteiger partial charge on any atom is 0.163 e. The van der Waals surface area contributed by atoms with Crippen molar-refractivity contribution in [1.82, 2.24) is 0 Å². The molecule has 0 bridgehead atoms. The lowest BCUT2D eigenvalue weighted by molar-refractivity contribution is 0.0128. The summed E-state index contributed by atoms with van der Waals surface area (Å²) in [6, 6.07) is 6.19. The first-order valence-electron chi connectivity index (χ1n) is 7.04. The predicted molar refractivity (Wildman–Crippen MR) is 83.0 cm³/mol. The molecule has 0 radical (unpaired) electrons. The third-order valence-electron chi connectivity index (χ3n) is 3.23. The van der Waals surface area contributed by atoms with Crippen molar-refractivity contribution in [2.45, 2.75) is 45.8 Å². The van der Waals surface area contributed by atoms with E-state index in [1.54, 1.807) is 14.2 Å². The highest BCUT2D eigenvalue weighted by molar-refractivity contribution is 5.55. The summed E-state index contributed by atoms with van der Waals surface area (Å²) in [7, 11) is 3.39. The van der Waals surface area contributed by atoms with Gasteiger partial charge in [-0.1, -0.05) is 0 Å². The molecule has 0 heterocycles. The number of hydrogen-bond donors (Lipinski definition) is 1. The Kier molecular flexibility index (Phi) is 6.14. The molecule has 1 aromatic rings. The second kappa shape index (κ2) is 7.39. The fraction of sp³-hybridized carbons (Fsp3) is 0.625. The molecule has 0 aliphatic rings. The second-order valence-electron chi connectivity index (χ2n) is 5.51. The van der Waals surface area contributed by atoms with Crippen LogP contribution in [0.2, 0.25) is 0 Å². The van der Waals surface area contributed by atoms with Gasteiger partial charge in [-0.15, -0.1) is 0 Å². The molecule has 0 saturated carbocycles. The van der Waals surface area contributed by atoms with E-state index in [0.29, 0.717) is 12.6 Å². The van der Waals surface area contributed by atoms with Gasteiger partial charge < -0.3 is 19.5 Å². The number of anilines is 1. The van der Waals surface area contributed by atoms with E-state index in [0.717, 1.165) is 23.6 Å². The van der Waals surface area contributed by atoms with Gasteiger partial charge in [-0.25, -0.2) is 0 Å². The lowest BCUT2D eigenvalue weighted by Gasteiger charge is -2.27. The predicted octanol–water partition coefficient (Wildman–Crippen LogP) is 3.71. The van der Waals surface area contributed by atoms with Gasteiger partial charge in [-0.2, -0.15) is 0 Å². The highest BCUT2D eigenvalue weighted by atomic mass is 16.5. The van der Waals surface area contributed by atoms with Crippen LogP contribution in [0.3, 0.4) is 0 Å². The minimum atomic E-state index is -0.137. The Hall–Kier alpha value is -1.42. The van der Waals surface area contributed by atoms with E-state index in [9.17, 15) is 0 Å². The Labute approximate surface area is 122 Å². The van der Waals surface area contributed by atoms with E-state index in [1.807, 2.05) is 25.1 Å². The van der Waals surface area contributed by atoms with Crippen LogP contribution in [0.25, 0.3) is 0 Å². The standard InChI is InChI=1S/C16H27NO3/c1-7-20-15-10-13(8-9-14(15)18-5)17-12(2)11-16(3,4)19-6/h8-10,12,17H,7,11H2,1-6H3. The van der Waals surface area contributed by atoms with Crippen molar-refractivity contribution < 1.29 is 14.2 Å². The summed E-state index contributed by atoms with van der Waals surface area (Å²) in [5, 5.41) is 3.47. The van der Waals surface area contributed by atoms with E-state index >= 15 is 0 Å². The molecule has 114 valence electrons. The van der Waals surface area contributed by atoms with Crippen LogP contribution < -0.4 is 14.8 Å². The van der Waals surface area contributed by atoms with E-state index in [-0.39, 0.29) is 5.60 Å². The normalized spacial score (nSPS) is 12.9. The van der Waals surface area contributed by atoms with Crippen LogP contribution in [0.15, 0.2) is 18.2 Å². The molecule has 1 N–H and O–H groups in total. The molecular weight excluding hydrogens is 254 g/mol. The number of methoxy groups -OCH3 is 2. The molecule has 0 aliphatic carbocycles. The van der Waals surface area contributed by atoms with Crippen LogP contribution in [0.1, 0.15) is 34.1 Å². The summed E-state index contributed by atoms with van der Waals surface area (Å²) in [6.45, 7) is 8.90. The van der Waals surface area contributed by atoms with Crippen molar-refractivity contribution in [2.75, 3.05) is 26.1 Å². The minimum absolute atomic E-state index is 0.137. The van der Waals surface area contributed by atoms with Crippen molar-refractivity contribution >= 4 is 5.69 Å². The largest absolute Gasteiger partial charge is 0.493 e. The highest BCUT2D eigenvalue weighted by Crippen LogP contribution is 2.31. The Balaban J connectivity index is 2.74. The summed E-state index contributed by atoms with van der Waals surface area (Å²) in [4.78, 5) is 0. The van der Waals surface area contributed by atoms with Crippen LogP contribution in [0.5, 0.6) is 11.5 Å². The molecule has 1 unspecified atom stereocenters. The fourth-order valence-corrected chi connectivity index (χ4v) is 2.19. The van der Waals surface area contributed by atoms with Gasteiger partial charge >= 0.3 is 0 Å². The van der Waals surface area contributed by atoms with Crippen molar-refractivity contribution in [3.8, 4) is 11.5 Å². The Morgan fingerprint density at radius 3 is 2.45 bits per heavy atom. The van der Waals surface area contributed by atoms with Gasteiger partial charge in [0.15, 0.2) is 11.5 Å². The van der Waals surface area contributed by atoms with Gasteiger partial charge in [0, 0.05) is 24.9 Å². The molecule has 0 aliphatic heterocycles. The van der Waals surface area contributed by atoms with E-state index in [1.165, 1.54) is 0 Å². The molecular formula is C16H27NO3. The molecule has 0 spiro atoms. The zero-order valence-corrected chi connectivity index (χ0v) is 13.4. The summed E-state index contributed by atoms with van der Waals surface area (Å²) >= 11 is 0. The molecule has 0 amide bonds. The van der Waals surface area contributed by atoms with E-state index < -0.39 is 0 Å². The first kappa shape index (κ1) is 16.6. The molecule has 0 aromatic heterocycles. The SMILES string of the molecule is CCOc1cc(NC(C)CC(C)(C)OC)ccc1OC. The topological polar surface area (TPSA) is 39.7 Å². The molecule has 1 atom stereocenters. The molecule has 1 aromatic carbocycles. The summed E-state index contributed by atoms with van der Waals surface area (Å²) < 4.78 is 16.3. The number of ether oxygens (including phenoxy) is 3. The molecule has 4 heteroatoms. The Morgan fingerprint density at radius 1 is 1.20 bits per heavy atom. The summed E-state index contributed by atoms with van der Waals surface area (Å²) in [5.74, 6) is 1.51. The average Bonchev–Trinajstić information content (AvgIpc) is 2.39. The van der Waals surface area contributed by atoms with Gasteiger partial charge in [0.25, 0.3) is 0 Å². The number of rotatable bonds is 8. The quantitative estimate of drug-likeness (QED) is 0.788. The second-order valence-corrected chi connectivity index (χ2v) is 5.51. The Bertz CT molecular complexity index is 418. The van der Waals surface area contributed by atoms with Crippen molar-refractivity contribution in [3.63, 3.8) is 0 Å². The van der Waals surface area contributed by atoms with Gasteiger partial charge in [-0.05, 0) is 46.2 Å². The van der Waals surface area contributed by atoms with Crippen LogP contribution in [-0.4, -0.2) is 32.5 Å². The first-order chi connectivity index (χ1) is 9.41. The third kappa shape index (κ3) is 4.93. The zero-order chi connectivity index (χ0) is 15.2. The smallest absolute Gasteiger partial charge is 0.163 e. The molecule has 4 nitrogen and oxygen atoms in total. The van der Waals surface area contributed by atoms with Crippen LogP contribution >= 0.6 is 0 Å². The maximum atomic E-state index is 5.58. The minimum Gasteiger partial charge on any atom is -0.493 e. The molecule has 0 fully saturated rings. The lowest BCUT2D eigenvalue weighted by atomic mass is 9.99. The van der Waals surface area contributed by atoms with E-state index in [4.69, 9.17) is 14.2 Å². The van der Waals surface area contributed by atoms with Crippen LogP contribution in [0.4, 0.5) is 5.69 Å². The van der Waals surface area contributed by atoms with Gasteiger partial charge in [-0.3, -0.25) is 0 Å². The van der Waals surface area contributed by atoms with Gasteiger partial charge in [0.1, 0.15) is 0 Å². The fourth-order valence-electron chi connectivity index (χ4n) is 2.19. The number of nitrogens with one attached hydrogen (secondary N) is 1. The van der Waals surface area contributed by atoms with Crippen molar-refractivity contribution in [2.24, 2.45) is 0 Å². The zero-order valence-electron chi connectivity index (χ0n) is 13.4. The van der Waals surface area contributed by atoms with Crippen molar-refractivity contribution in [3.05, 3.63) is 18.2 Å². The summed E-state index contributed by atoms with van der Waals surface area (Å²) in [5.41, 5.74) is 0.885. The van der Waals surface area contributed by atoms with Gasteiger partial charge in [0.2, 0.25) is 0 Å². The monoisotopic (exact) mass is 281 g/mol. The average molecular weight is 281 g/mol. The number of benzene rings is 1. The molecule has 20 heavy (non-hydrogen) atoms. The highest BCUT2D eigenvalue weighted by Gasteiger charge is 2.20. The third-order valence-corrected chi connectivity index (χ3v) is 3.23. The lowest BCUT2D eigenvalue weighted by Crippen LogP contribution is -2.31. The maximum absolute atomic E-state index is 5.58. The number of hydrogen-bond acceptors (Lipinski definition) is 4. The Morgan fingerprint density at radius 2 is 1.90 bits per heavy atom. The van der Waals surface area contributed by atoms with Crippen molar-refractivity contribution in [1.29, 1.82) is 0 Å². The molecule has 1 rings (SSSR count). The van der Waals surface area contributed by atoms with Gasteiger partial charge in [0.05, 0.1) is 19.3 Å². The van der Waals surface area contributed by atoms with Crippen LogP contribution in [-0.2, 0) is 4.74 Å². The summed E-state index contributed by atoms with van der Waals surface area (Å²) in [6.07, 6.45) is 0.916. The molecule has 0 saturated heterocycles. The first-order valence-corrected chi connectivity index (χ1v) is 7.04. The van der Waals surface area contributed by atoms with E-state index in [2.05, 4.69) is 26.1 Å². The van der Waals surface area contributed by atoms with Crippen LogP contribution in [0, 0.1) is 0 Å².